The zero-order chi connectivity index (χ0) is 16.9. The highest BCUT2D eigenvalue weighted by molar-refractivity contribution is 14.1. The Balaban J connectivity index is 3.00. The van der Waals surface area contributed by atoms with Gasteiger partial charge >= 0.3 is 6.09 Å². The minimum Gasteiger partial charge on any atom is -0.493 e. The lowest BCUT2D eigenvalue weighted by molar-refractivity contribution is 0.0481. The first-order chi connectivity index (χ1) is 10.2. The second-order valence-corrected chi connectivity index (χ2v) is 6.78. The molecule has 0 aliphatic carbocycles. The summed E-state index contributed by atoms with van der Waals surface area (Å²) in [6.45, 7) is 5.07. The first kappa shape index (κ1) is 18.8. The Morgan fingerprint density at radius 2 is 1.95 bits per heavy atom. The summed E-state index contributed by atoms with van der Waals surface area (Å²) in [5.41, 5.74) is 0.103. The van der Waals surface area contributed by atoms with Crippen molar-refractivity contribution in [3.8, 4) is 11.5 Å². The third kappa shape index (κ3) is 5.20. The topological polar surface area (TPSA) is 77.0 Å². The molecular weight excluding hydrogens is 401 g/mol. The Kier molecular flexibility index (Phi) is 6.73. The summed E-state index contributed by atoms with van der Waals surface area (Å²) in [4.78, 5) is 11.9. The fraction of sp³-hybridized carbons (Fsp3) is 0.533. The van der Waals surface area contributed by atoms with Gasteiger partial charge < -0.3 is 24.6 Å². The molecule has 0 aliphatic rings. The number of aliphatic hydroxyl groups is 1. The quantitative estimate of drug-likeness (QED) is 0.713. The number of aliphatic hydroxyl groups excluding tert-OH is 1. The van der Waals surface area contributed by atoms with Crippen LogP contribution in [0.4, 0.5) is 4.79 Å². The molecule has 22 heavy (non-hydrogen) atoms. The Labute approximate surface area is 144 Å². The number of nitrogens with one attached hydrogen (secondary N) is 1. The van der Waals surface area contributed by atoms with Crippen molar-refractivity contribution >= 4 is 28.7 Å². The number of carbonyl (C=O) groups is 1. The number of methoxy groups -OCH3 is 2. The molecule has 0 aromatic heterocycles. The first-order valence-electron chi connectivity index (χ1n) is 6.73. The van der Waals surface area contributed by atoms with Crippen molar-refractivity contribution < 1.29 is 24.1 Å². The molecule has 0 radical (unpaired) electrons. The van der Waals surface area contributed by atoms with E-state index in [4.69, 9.17) is 14.2 Å². The van der Waals surface area contributed by atoms with Crippen molar-refractivity contribution in [1.29, 1.82) is 0 Å². The lowest BCUT2D eigenvalue weighted by Crippen LogP contribution is -2.36. The third-order valence-electron chi connectivity index (χ3n) is 2.73. The van der Waals surface area contributed by atoms with Gasteiger partial charge in [0.1, 0.15) is 5.60 Å². The molecule has 1 atom stereocenters. The van der Waals surface area contributed by atoms with Crippen LogP contribution in [0.2, 0.25) is 0 Å². The van der Waals surface area contributed by atoms with Crippen LogP contribution >= 0.6 is 22.6 Å². The largest absolute Gasteiger partial charge is 0.493 e. The maximum atomic E-state index is 11.9. The van der Waals surface area contributed by atoms with E-state index in [0.717, 1.165) is 3.57 Å². The fourth-order valence-electron chi connectivity index (χ4n) is 1.82. The second kappa shape index (κ2) is 7.87. The fourth-order valence-corrected chi connectivity index (χ4v) is 2.67. The molecule has 0 heterocycles. The van der Waals surface area contributed by atoms with Crippen LogP contribution < -0.4 is 14.8 Å². The highest BCUT2D eigenvalue weighted by atomic mass is 127. The SMILES string of the molecule is COc1cc([C@H](CO)NC(=O)OC(C)(C)C)cc(I)c1OC. The summed E-state index contributed by atoms with van der Waals surface area (Å²) >= 11 is 2.11. The molecule has 1 amide bonds. The molecule has 1 aromatic rings. The van der Waals surface area contributed by atoms with Gasteiger partial charge in [0.2, 0.25) is 0 Å². The average Bonchev–Trinajstić information content (AvgIpc) is 2.41. The molecule has 7 heteroatoms. The second-order valence-electron chi connectivity index (χ2n) is 5.62. The van der Waals surface area contributed by atoms with Crippen molar-refractivity contribution in [1.82, 2.24) is 5.32 Å². The smallest absolute Gasteiger partial charge is 0.408 e. The summed E-state index contributed by atoms with van der Waals surface area (Å²) < 4.78 is 16.6. The minimum atomic E-state index is -0.601. The lowest BCUT2D eigenvalue weighted by atomic mass is 10.1. The summed E-state index contributed by atoms with van der Waals surface area (Å²) in [5, 5.41) is 12.2. The molecular formula is C15H22INO5. The Morgan fingerprint density at radius 1 is 1.32 bits per heavy atom. The Bertz CT molecular complexity index is 527. The van der Waals surface area contributed by atoms with Crippen LogP contribution in [0.25, 0.3) is 0 Å². The van der Waals surface area contributed by atoms with E-state index in [2.05, 4.69) is 27.9 Å². The van der Waals surface area contributed by atoms with Gasteiger partial charge in [0.05, 0.1) is 30.4 Å². The van der Waals surface area contributed by atoms with Crippen LogP contribution in [0.15, 0.2) is 12.1 Å². The molecule has 2 N–H and O–H groups in total. The first-order valence-corrected chi connectivity index (χ1v) is 7.81. The van der Waals surface area contributed by atoms with Crippen LogP contribution in [0.3, 0.4) is 0 Å². The van der Waals surface area contributed by atoms with Crippen LogP contribution in [-0.4, -0.2) is 37.6 Å². The van der Waals surface area contributed by atoms with Gasteiger partial charge in [-0.2, -0.15) is 0 Å². The number of alkyl carbamates (subject to hydrolysis) is 1. The number of rotatable bonds is 5. The number of halogens is 1. The third-order valence-corrected chi connectivity index (χ3v) is 3.53. The number of hydrogen-bond acceptors (Lipinski definition) is 5. The molecule has 0 fully saturated rings. The highest BCUT2D eigenvalue weighted by Crippen LogP contribution is 2.35. The van der Waals surface area contributed by atoms with E-state index in [-0.39, 0.29) is 6.61 Å². The zero-order valence-corrected chi connectivity index (χ0v) is 15.6. The molecule has 0 unspecified atom stereocenters. The van der Waals surface area contributed by atoms with Crippen molar-refractivity contribution in [3.63, 3.8) is 0 Å². The molecule has 6 nitrogen and oxygen atoms in total. The number of benzene rings is 1. The number of carbonyl (C=O) groups excluding carboxylic acids is 1. The van der Waals surface area contributed by atoms with E-state index in [1.165, 1.54) is 7.11 Å². The van der Waals surface area contributed by atoms with E-state index in [0.29, 0.717) is 17.1 Å². The zero-order valence-electron chi connectivity index (χ0n) is 13.4. The van der Waals surface area contributed by atoms with Crippen molar-refractivity contribution in [2.45, 2.75) is 32.4 Å². The highest BCUT2D eigenvalue weighted by Gasteiger charge is 2.22. The number of hydrogen-bond donors (Lipinski definition) is 2. The average molecular weight is 423 g/mol. The normalized spacial score (nSPS) is 12.5. The van der Waals surface area contributed by atoms with Gasteiger partial charge in [-0.25, -0.2) is 4.79 Å². The van der Waals surface area contributed by atoms with Gasteiger partial charge in [0.15, 0.2) is 11.5 Å². The van der Waals surface area contributed by atoms with Gasteiger partial charge in [-0.1, -0.05) is 0 Å². The van der Waals surface area contributed by atoms with Crippen molar-refractivity contribution in [3.05, 3.63) is 21.3 Å². The molecule has 0 aliphatic heterocycles. The molecule has 0 spiro atoms. The predicted molar refractivity (Wildman–Crippen MR) is 91.5 cm³/mol. The number of ether oxygens (including phenoxy) is 3. The summed E-state index contributed by atoms with van der Waals surface area (Å²) in [6, 6.07) is 2.95. The van der Waals surface area contributed by atoms with Crippen molar-refractivity contribution in [2.24, 2.45) is 0 Å². The van der Waals surface area contributed by atoms with Gasteiger partial charge in [-0.15, -0.1) is 0 Å². The molecule has 124 valence electrons. The lowest BCUT2D eigenvalue weighted by Gasteiger charge is -2.23. The van der Waals surface area contributed by atoms with Crippen LogP contribution in [-0.2, 0) is 4.74 Å². The summed E-state index contributed by atoms with van der Waals surface area (Å²) in [6.07, 6.45) is -0.587. The monoisotopic (exact) mass is 423 g/mol. The molecule has 1 rings (SSSR count). The molecule has 0 saturated carbocycles. The van der Waals surface area contributed by atoms with E-state index in [1.54, 1.807) is 33.9 Å². The van der Waals surface area contributed by atoms with E-state index in [1.807, 2.05) is 6.07 Å². The summed E-state index contributed by atoms with van der Waals surface area (Å²) in [5.74, 6) is 1.15. The predicted octanol–water partition coefficient (Wildman–Crippen LogP) is 2.87. The van der Waals surface area contributed by atoms with E-state index >= 15 is 0 Å². The van der Waals surface area contributed by atoms with Gasteiger partial charge in [0.25, 0.3) is 0 Å². The Morgan fingerprint density at radius 3 is 2.41 bits per heavy atom. The van der Waals surface area contributed by atoms with Gasteiger partial charge in [-0.05, 0) is 61.1 Å². The molecule has 0 bridgehead atoms. The van der Waals surface area contributed by atoms with Crippen LogP contribution in [0.5, 0.6) is 11.5 Å². The van der Waals surface area contributed by atoms with Crippen LogP contribution in [0.1, 0.15) is 32.4 Å². The maximum Gasteiger partial charge on any atom is 0.408 e. The Hall–Kier alpha value is -1.22. The maximum absolute atomic E-state index is 11.9. The van der Waals surface area contributed by atoms with Gasteiger partial charge in [-0.3, -0.25) is 0 Å². The van der Waals surface area contributed by atoms with Crippen molar-refractivity contribution in [2.75, 3.05) is 20.8 Å². The van der Waals surface area contributed by atoms with E-state index < -0.39 is 17.7 Å². The molecule has 0 saturated heterocycles. The standard InChI is InChI=1S/C15H22INO5/c1-15(2,3)22-14(19)17-11(8-18)9-6-10(16)13(21-5)12(7-9)20-4/h6-7,11,18H,8H2,1-5H3,(H,17,19)/t11-/m0/s1. The molecule has 1 aromatic carbocycles. The van der Waals surface area contributed by atoms with Gasteiger partial charge in [0, 0.05) is 0 Å². The minimum absolute atomic E-state index is 0.259. The van der Waals surface area contributed by atoms with E-state index in [9.17, 15) is 9.90 Å². The number of amides is 1. The van der Waals surface area contributed by atoms with Crippen LogP contribution in [0, 0.1) is 3.57 Å². The summed E-state index contributed by atoms with van der Waals surface area (Å²) in [7, 11) is 3.09.